The maximum absolute atomic E-state index is 12.5. The number of amides is 1. The number of nitrogens with one attached hydrogen (secondary N) is 1. The van der Waals surface area contributed by atoms with E-state index in [-0.39, 0.29) is 23.0 Å². The second-order valence-electron chi connectivity index (χ2n) is 7.56. The van der Waals surface area contributed by atoms with E-state index in [1.54, 1.807) is 30.3 Å². The van der Waals surface area contributed by atoms with Crippen LogP contribution >= 0.6 is 23.2 Å². The summed E-state index contributed by atoms with van der Waals surface area (Å²) in [4.78, 5) is 12.5. The first-order chi connectivity index (χ1) is 13.1. The van der Waals surface area contributed by atoms with E-state index in [2.05, 4.69) is 32.2 Å². The number of ether oxygens (including phenoxy) is 1. The van der Waals surface area contributed by atoms with Crippen LogP contribution < -0.4 is 10.1 Å². The van der Waals surface area contributed by atoms with Gasteiger partial charge in [-0.2, -0.15) is 0 Å². The fraction of sp³-hybridized carbons (Fsp3) is 0.227. The Labute approximate surface area is 174 Å². The molecule has 0 bridgehead atoms. The number of benzene rings is 2. The Bertz CT molecular complexity index is 999. The van der Waals surface area contributed by atoms with Gasteiger partial charge in [0, 0.05) is 21.8 Å². The molecule has 28 heavy (non-hydrogen) atoms. The predicted octanol–water partition coefficient (Wildman–Crippen LogP) is 7.24. The lowest BCUT2D eigenvalue weighted by molar-refractivity contribution is 0.0991. The molecule has 0 radical (unpaired) electrons. The molecule has 0 aliphatic heterocycles. The fourth-order valence-electron chi connectivity index (χ4n) is 2.65. The molecule has 0 saturated carbocycles. The van der Waals surface area contributed by atoms with Crippen LogP contribution in [0.15, 0.2) is 52.9 Å². The Morgan fingerprint density at radius 1 is 1.00 bits per heavy atom. The second-order valence-corrected chi connectivity index (χ2v) is 8.43. The Morgan fingerprint density at radius 2 is 1.68 bits per heavy atom. The van der Waals surface area contributed by atoms with Crippen molar-refractivity contribution in [1.29, 1.82) is 0 Å². The van der Waals surface area contributed by atoms with E-state index in [1.165, 1.54) is 5.56 Å². The number of furan rings is 1. The lowest BCUT2D eigenvalue weighted by atomic mass is 9.86. The van der Waals surface area contributed by atoms with Crippen LogP contribution in [0.25, 0.3) is 0 Å². The summed E-state index contributed by atoms with van der Waals surface area (Å²) in [6.07, 6.45) is 0. The van der Waals surface area contributed by atoms with Crippen LogP contribution in [0.2, 0.25) is 10.0 Å². The molecule has 0 saturated heterocycles. The van der Waals surface area contributed by atoms with Crippen LogP contribution in [-0.4, -0.2) is 5.91 Å². The normalized spacial score (nSPS) is 11.4. The Balaban J connectivity index is 1.72. The smallest absolute Gasteiger partial charge is 0.291 e. The minimum Gasteiger partial charge on any atom is -0.426 e. The average molecular weight is 418 g/mol. The predicted molar refractivity (Wildman–Crippen MR) is 113 cm³/mol. The SMILES string of the molecule is Cc1cc(C(C)(C)C)ccc1NC(=O)c1ccc(Oc2cc(Cl)cc(Cl)c2)o1. The lowest BCUT2D eigenvalue weighted by Gasteiger charge is -2.20. The summed E-state index contributed by atoms with van der Waals surface area (Å²) in [5.41, 5.74) is 2.97. The van der Waals surface area contributed by atoms with Gasteiger partial charge in [-0.3, -0.25) is 4.79 Å². The van der Waals surface area contributed by atoms with Crippen molar-refractivity contribution >= 4 is 34.8 Å². The van der Waals surface area contributed by atoms with Crippen molar-refractivity contribution in [2.45, 2.75) is 33.1 Å². The maximum atomic E-state index is 12.5. The number of carbonyl (C=O) groups excluding carboxylic acids is 1. The van der Waals surface area contributed by atoms with Crippen LogP contribution in [0.5, 0.6) is 11.7 Å². The van der Waals surface area contributed by atoms with Gasteiger partial charge in [0.15, 0.2) is 5.76 Å². The largest absolute Gasteiger partial charge is 0.426 e. The molecule has 2 aromatic carbocycles. The molecule has 6 heteroatoms. The first kappa shape index (κ1) is 20.3. The van der Waals surface area contributed by atoms with E-state index in [9.17, 15) is 4.79 Å². The molecule has 0 spiro atoms. The van der Waals surface area contributed by atoms with E-state index in [4.69, 9.17) is 32.4 Å². The standard InChI is InChI=1S/C22H21Cl2NO3/c1-13-9-14(22(2,3)4)5-6-18(13)25-21(26)19-7-8-20(28-19)27-17-11-15(23)10-16(24)12-17/h5-12H,1-4H3,(H,25,26). The van der Waals surface area contributed by atoms with Gasteiger partial charge < -0.3 is 14.5 Å². The van der Waals surface area contributed by atoms with Gasteiger partial charge in [0.05, 0.1) is 0 Å². The number of rotatable bonds is 4. The third-order valence-electron chi connectivity index (χ3n) is 4.20. The average Bonchev–Trinajstić information content (AvgIpc) is 3.03. The minimum absolute atomic E-state index is 0.0454. The molecule has 1 N–H and O–H groups in total. The minimum atomic E-state index is -0.356. The first-order valence-corrected chi connectivity index (χ1v) is 9.54. The zero-order valence-electron chi connectivity index (χ0n) is 16.1. The number of hydrogen-bond donors (Lipinski definition) is 1. The van der Waals surface area contributed by atoms with Gasteiger partial charge >= 0.3 is 0 Å². The van der Waals surface area contributed by atoms with Crippen LogP contribution in [0.3, 0.4) is 0 Å². The van der Waals surface area contributed by atoms with Crippen molar-refractivity contribution in [3.63, 3.8) is 0 Å². The van der Waals surface area contributed by atoms with Gasteiger partial charge in [-0.15, -0.1) is 0 Å². The molecule has 1 amide bonds. The van der Waals surface area contributed by atoms with E-state index < -0.39 is 0 Å². The lowest BCUT2D eigenvalue weighted by Crippen LogP contribution is -2.14. The molecule has 0 fully saturated rings. The first-order valence-electron chi connectivity index (χ1n) is 8.78. The third kappa shape index (κ3) is 4.89. The molecule has 1 heterocycles. The fourth-order valence-corrected chi connectivity index (χ4v) is 3.16. The van der Waals surface area contributed by atoms with E-state index in [1.807, 2.05) is 19.1 Å². The van der Waals surface area contributed by atoms with Gasteiger partial charge in [0.1, 0.15) is 5.75 Å². The molecule has 0 unspecified atom stereocenters. The number of hydrogen-bond acceptors (Lipinski definition) is 3. The summed E-state index contributed by atoms with van der Waals surface area (Å²) >= 11 is 11.9. The summed E-state index contributed by atoms with van der Waals surface area (Å²) < 4.78 is 11.1. The molecular weight excluding hydrogens is 397 g/mol. The van der Waals surface area contributed by atoms with Gasteiger partial charge in [-0.05, 0) is 53.8 Å². The maximum Gasteiger partial charge on any atom is 0.291 e. The zero-order chi connectivity index (χ0) is 20.5. The van der Waals surface area contributed by atoms with Crippen molar-refractivity contribution in [2.75, 3.05) is 5.32 Å². The Kier molecular flexibility index (Phi) is 5.73. The Hall–Kier alpha value is -2.43. The van der Waals surface area contributed by atoms with Crippen LogP contribution in [-0.2, 0) is 5.41 Å². The number of anilines is 1. The van der Waals surface area contributed by atoms with Crippen LogP contribution in [0.1, 0.15) is 42.5 Å². The van der Waals surface area contributed by atoms with E-state index >= 15 is 0 Å². The van der Waals surface area contributed by atoms with Crippen molar-refractivity contribution in [3.05, 3.63) is 75.5 Å². The zero-order valence-corrected chi connectivity index (χ0v) is 17.6. The van der Waals surface area contributed by atoms with Gasteiger partial charge in [-0.25, -0.2) is 0 Å². The van der Waals surface area contributed by atoms with Gasteiger partial charge in [0.2, 0.25) is 0 Å². The molecule has 3 aromatic rings. The number of carbonyl (C=O) groups is 1. The molecule has 1 aromatic heterocycles. The summed E-state index contributed by atoms with van der Waals surface area (Å²) in [5, 5.41) is 3.76. The highest BCUT2D eigenvalue weighted by atomic mass is 35.5. The summed E-state index contributed by atoms with van der Waals surface area (Å²) in [6, 6.07) is 13.9. The van der Waals surface area contributed by atoms with Crippen LogP contribution in [0.4, 0.5) is 5.69 Å². The molecule has 3 rings (SSSR count). The van der Waals surface area contributed by atoms with Crippen molar-refractivity contribution in [3.8, 4) is 11.7 Å². The van der Waals surface area contributed by atoms with Gasteiger partial charge in [0.25, 0.3) is 11.9 Å². The summed E-state index contributed by atoms with van der Waals surface area (Å²) in [7, 11) is 0. The molecule has 0 aliphatic carbocycles. The summed E-state index contributed by atoms with van der Waals surface area (Å²) in [5.74, 6) is 0.378. The van der Waals surface area contributed by atoms with Crippen molar-refractivity contribution in [2.24, 2.45) is 0 Å². The van der Waals surface area contributed by atoms with Crippen molar-refractivity contribution in [1.82, 2.24) is 0 Å². The van der Waals surface area contributed by atoms with E-state index in [0.717, 1.165) is 11.3 Å². The third-order valence-corrected chi connectivity index (χ3v) is 4.64. The molecular formula is C22H21Cl2NO3. The van der Waals surface area contributed by atoms with Crippen LogP contribution in [0, 0.1) is 6.92 Å². The summed E-state index contributed by atoms with van der Waals surface area (Å²) in [6.45, 7) is 8.41. The monoisotopic (exact) mass is 417 g/mol. The second kappa shape index (κ2) is 7.90. The highest BCUT2D eigenvalue weighted by Gasteiger charge is 2.17. The van der Waals surface area contributed by atoms with Crippen molar-refractivity contribution < 1.29 is 13.9 Å². The highest BCUT2D eigenvalue weighted by Crippen LogP contribution is 2.30. The number of halogens is 2. The number of aryl methyl sites for hydroxylation is 1. The van der Waals surface area contributed by atoms with Gasteiger partial charge in [-0.1, -0.05) is 56.1 Å². The molecule has 4 nitrogen and oxygen atoms in total. The molecule has 0 atom stereocenters. The molecule has 146 valence electrons. The van der Waals surface area contributed by atoms with E-state index in [0.29, 0.717) is 15.8 Å². The highest BCUT2D eigenvalue weighted by molar-refractivity contribution is 6.34. The molecule has 0 aliphatic rings. The topological polar surface area (TPSA) is 51.5 Å². The quantitative estimate of drug-likeness (QED) is 0.486. The Morgan fingerprint density at radius 3 is 2.29 bits per heavy atom.